The van der Waals surface area contributed by atoms with Crippen LogP contribution in [0.25, 0.3) is 0 Å². The van der Waals surface area contributed by atoms with Crippen molar-refractivity contribution in [2.75, 3.05) is 12.3 Å². The van der Waals surface area contributed by atoms with Crippen molar-refractivity contribution in [1.29, 1.82) is 0 Å². The van der Waals surface area contributed by atoms with Gasteiger partial charge >= 0.3 is 0 Å². The third-order valence-corrected chi connectivity index (χ3v) is 1.94. The van der Waals surface area contributed by atoms with Crippen molar-refractivity contribution in [1.82, 2.24) is 10.3 Å². The van der Waals surface area contributed by atoms with Crippen LogP contribution in [0.2, 0.25) is 0 Å². The van der Waals surface area contributed by atoms with Gasteiger partial charge in [0.2, 0.25) is 0 Å². The van der Waals surface area contributed by atoms with E-state index in [1.807, 2.05) is 12.1 Å². The Bertz CT molecular complexity index is 275. The van der Waals surface area contributed by atoms with Crippen molar-refractivity contribution in [2.45, 2.75) is 13.0 Å². The quantitative estimate of drug-likeness (QED) is 0.627. The fourth-order valence-corrected chi connectivity index (χ4v) is 1.35. The van der Waals surface area contributed by atoms with Crippen LogP contribution in [-0.2, 0) is 13.0 Å². The number of nitrogen functional groups attached to an aromatic ring is 1. The molecule has 0 aromatic carbocycles. The number of rotatable bonds is 0. The SMILES string of the molecule is Cl.Nc1ccc2c(n1)CCNC2. The normalized spacial score (nSPS) is 14.7. The molecule has 0 bridgehead atoms. The number of nitrogens with two attached hydrogens (primary N) is 1. The molecule has 0 unspecified atom stereocenters. The van der Waals surface area contributed by atoms with Gasteiger partial charge in [0, 0.05) is 25.2 Å². The van der Waals surface area contributed by atoms with Gasteiger partial charge in [-0.05, 0) is 11.6 Å². The van der Waals surface area contributed by atoms with Crippen molar-refractivity contribution in [2.24, 2.45) is 0 Å². The fraction of sp³-hybridized carbons (Fsp3) is 0.375. The van der Waals surface area contributed by atoms with Crippen LogP contribution in [0.15, 0.2) is 12.1 Å². The van der Waals surface area contributed by atoms with Gasteiger partial charge in [0.15, 0.2) is 0 Å². The van der Waals surface area contributed by atoms with Gasteiger partial charge in [-0.15, -0.1) is 12.4 Å². The van der Waals surface area contributed by atoms with E-state index in [2.05, 4.69) is 10.3 Å². The molecule has 0 fully saturated rings. The first-order valence-electron chi connectivity index (χ1n) is 3.81. The highest BCUT2D eigenvalue weighted by Crippen LogP contribution is 2.12. The van der Waals surface area contributed by atoms with Crippen LogP contribution in [0.3, 0.4) is 0 Å². The summed E-state index contributed by atoms with van der Waals surface area (Å²) in [6.07, 6.45) is 1.00. The Kier molecular flexibility index (Phi) is 2.89. The molecule has 3 nitrogen and oxygen atoms in total. The van der Waals surface area contributed by atoms with Gasteiger partial charge in [-0.3, -0.25) is 0 Å². The zero-order chi connectivity index (χ0) is 7.68. The summed E-state index contributed by atoms with van der Waals surface area (Å²) in [4.78, 5) is 4.25. The standard InChI is InChI=1S/C8H11N3.ClH/c9-8-2-1-6-5-10-4-3-7(6)11-8;/h1-2,10H,3-5H2,(H2,9,11);1H. The van der Waals surface area contributed by atoms with E-state index in [0.29, 0.717) is 5.82 Å². The molecule has 0 amide bonds. The summed E-state index contributed by atoms with van der Waals surface area (Å²) in [5.41, 5.74) is 7.99. The van der Waals surface area contributed by atoms with Crippen LogP contribution >= 0.6 is 12.4 Å². The van der Waals surface area contributed by atoms with Gasteiger partial charge in [0.05, 0.1) is 0 Å². The molecule has 66 valence electrons. The number of fused-ring (bicyclic) bond motifs is 1. The summed E-state index contributed by atoms with van der Waals surface area (Å²) in [6, 6.07) is 3.90. The van der Waals surface area contributed by atoms with E-state index in [9.17, 15) is 0 Å². The molecule has 1 aliphatic heterocycles. The van der Waals surface area contributed by atoms with Gasteiger partial charge in [-0.2, -0.15) is 0 Å². The molecular weight excluding hydrogens is 174 g/mol. The molecule has 0 saturated heterocycles. The molecule has 0 spiro atoms. The largest absolute Gasteiger partial charge is 0.384 e. The van der Waals surface area contributed by atoms with Crippen LogP contribution in [0.1, 0.15) is 11.3 Å². The minimum absolute atomic E-state index is 0. The summed E-state index contributed by atoms with van der Waals surface area (Å²) in [7, 11) is 0. The number of aromatic nitrogens is 1. The van der Waals surface area contributed by atoms with Crippen molar-refractivity contribution >= 4 is 18.2 Å². The smallest absolute Gasteiger partial charge is 0.123 e. The molecular formula is C8H12ClN3. The lowest BCUT2D eigenvalue weighted by Gasteiger charge is -2.15. The number of hydrogen-bond acceptors (Lipinski definition) is 3. The summed E-state index contributed by atoms with van der Waals surface area (Å²) < 4.78 is 0. The fourth-order valence-electron chi connectivity index (χ4n) is 1.35. The second-order valence-corrected chi connectivity index (χ2v) is 2.77. The molecule has 1 aromatic heterocycles. The van der Waals surface area contributed by atoms with Gasteiger partial charge in [-0.25, -0.2) is 4.98 Å². The summed E-state index contributed by atoms with van der Waals surface area (Å²) in [6.45, 7) is 1.95. The summed E-state index contributed by atoms with van der Waals surface area (Å²) >= 11 is 0. The Morgan fingerprint density at radius 3 is 3.08 bits per heavy atom. The molecule has 2 heterocycles. The molecule has 12 heavy (non-hydrogen) atoms. The Labute approximate surface area is 77.8 Å². The van der Waals surface area contributed by atoms with E-state index in [4.69, 9.17) is 5.73 Å². The van der Waals surface area contributed by atoms with E-state index in [1.165, 1.54) is 5.56 Å². The van der Waals surface area contributed by atoms with Gasteiger partial charge in [0.25, 0.3) is 0 Å². The zero-order valence-corrected chi connectivity index (χ0v) is 7.53. The number of nitrogens with zero attached hydrogens (tertiary/aromatic N) is 1. The van der Waals surface area contributed by atoms with Gasteiger partial charge in [0.1, 0.15) is 5.82 Å². The molecule has 1 aromatic rings. The number of hydrogen-bond donors (Lipinski definition) is 2. The lowest BCUT2D eigenvalue weighted by molar-refractivity contribution is 0.631. The molecule has 0 atom stereocenters. The molecule has 1 aliphatic rings. The summed E-state index contributed by atoms with van der Waals surface area (Å²) in [5, 5.41) is 3.28. The number of nitrogens with one attached hydrogen (secondary N) is 1. The lowest BCUT2D eigenvalue weighted by atomic mass is 10.1. The second-order valence-electron chi connectivity index (χ2n) is 2.77. The first-order valence-corrected chi connectivity index (χ1v) is 3.81. The predicted molar refractivity (Wildman–Crippen MR) is 51.3 cm³/mol. The first-order chi connectivity index (χ1) is 5.36. The molecule has 3 N–H and O–H groups in total. The minimum atomic E-state index is 0. The molecule has 4 heteroatoms. The number of anilines is 1. The van der Waals surface area contributed by atoms with Crippen LogP contribution in [0.5, 0.6) is 0 Å². The second kappa shape index (κ2) is 3.74. The topological polar surface area (TPSA) is 50.9 Å². The van der Waals surface area contributed by atoms with Crippen molar-refractivity contribution in [3.8, 4) is 0 Å². The highest BCUT2D eigenvalue weighted by molar-refractivity contribution is 5.85. The van der Waals surface area contributed by atoms with Crippen molar-refractivity contribution in [3.63, 3.8) is 0 Å². The van der Waals surface area contributed by atoms with Gasteiger partial charge in [-0.1, -0.05) is 6.07 Å². The first kappa shape index (κ1) is 9.29. The van der Waals surface area contributed by atoms with Crippen LogP contribution in [-0.4, -0.2) is 11.5 Å². The minimum Gasteiger partial charge on any atom is -0.384 e. The van der Waals surface area contributed by atoms with Crippen molar-refractivity contribution < 1.29 is 0 Å². The number of halogens is 1. The monoisotopic (exact) mass is 185 g/mol. The Morgan fingerprint density at radius 2 is 2.25 bits per heavy atom. The average Bonchev–Trinajstić information content (AvgIpc) is 2.04. The average molecular weight is 186 g/mol. The zero-order valence-electron chi connectivity index (χ0n) is 6.71. The molecule has 0 aliphatic carbocycles. The van der Waals surface area contributed by atoms with Crippen molar-refractivity contribution in [3.05, 3.63) is 23.4 Å². The third kappa shape index (κ3) is 1.68. The molecule has 0 saturated carbocycles. The highest BCUT2D eigenvalue weighted by atomic mass is 35.5. The van der Waals surface area contributed by atoms with E-state index in [1.54, 1.807) is 0 Å². The van der Waals surface area contributed by atoms with E-state index in [0.717, 1.165) is 25.2 Å². The van der Waals surface area contributed by atoms with E-state index in [-0.39, 0.29) is 12.4 Å². The van der Waals surface area contributed by atoms with E-state index < -0.39 is 0 Å². The maximum atomic E-state index is 5.55. The maximum Gasteiger partial charge on any atom is 0.123 e. The Morgan fingerprint density at radius 1 is 1.42 bits per heavy atom. The van der Waals surface area contributed by atoms with Crippen LogP contribution < -0.4 is 11.1 Å². The number of pyridine rings is 1. The maximum absolute atomic E-state index is 5.55. The highest BCUT2D eigenvalue weighted by Gasteiger charge is 2.08. The Hall–Kier alpha value is -0.800. The van der Waals surface area contributed by atoms with Crippen LogP contribution in [0, 0.1) is 0 Å². The lowest BCUT2D eigenvalue weighted by Crippen LogP contribution is -2.24. The molecule has 0 radical (unpaired) electrons. The predicted octanol–water partition coefficient (Wildman–Crippen LogP) is 0.731. The summed E-state index contributed by atoms with van der Waals surface area (Å²) in [5.74, 6) is 0.630. The third-order valence-electron chi connectivity index (χ3n) is 1.94. The van der Waals surface area contributed by atoms with Crippen LogP contribution in [0.4, 0.5) is 5.82 Å². The Balaban J connectivity index is 0.000000720. The van der Waals surface area contributed by atoms with Gasteiger partial charge < -0.3 is 11.1 Å². The van der Waals surface area contributed by atoms with E-state index >= 15 is 0 Å². The molecule has 2 rings (SSSR count).